The van der Waals surface area contributed by atoms with Crippen molar-refractivity contribution in [1.29, 1.82) is 0 Å². The fraction of sp³-hybridized carbons (Fsp3) is 0.522. The van der Waals surface area contributed by atoms with Crippen molar-refractivity contribution < 1.29 is 34.2 Å². The van der Waals surface area contributed by atoms with Gasteiger partial charge >= 0.3 is 37.7 Å². The molecule has 192 valence electrons. The van der Waals surface area contributed by atoms with Gasteiger partial charge in [-0.2, -0.15) is 0 Å². The van der Waals surface area contributed by atoms with Crippen molar-refractivity contribution in [2.45, 2.75) is 67.8 Å². The van der Waals surface area contributed by atoms with Gasteiger partial charge in [0.05, 0.1) is 35.8 Å². The van der Waals surface area contributed by atoms with Crippen molar-refractivity contribution >= 4 is 79.7 Å². The summed E-state index contributed by atoms with van der Waals surface area (Å²) >= 11 is 1.22. The largest absolute Gasteiger partial charge is 2.00 e. The molecule has 36 heavy (non-hydrogen) atoms. The first-order chi connectivity index (χ1) is 16.5. The van der Waals surface area contributed by atoms with Gasteiger partial charge in [0.1, 0.15) is 6.04 Å². The van der Waals surface area contributed by atoms with Crippen LogP contribution in [0.25, 0.3) is 0 Å². The first kappa shape index (κ1) is 32.2. The molecule has 0 bridgehead atoms. The third-order valence-electron chi connectivity index (χ3n) is 5.57. The number of nitrogens with one attached hydrogen (secondary N) is 4. The molecule has 13 heteroatoms. The number of aliphatic carboxylic acids is 2. The fourth-order valence-electron chi connectivity index (χ4n) is 3.74. The Balaban J connectivity index is 0.00000648. The SMILES string of the molecule is CC1(C)SC(C(NC(=O)Cc2ccccc2)C(=O)NCCCCC(NC=O)C(=O)[O-])NC1C(=O)[O-].[Ca+2]. The summed E-state index contributed by atoms with van der Waals surface area (Å²) in [6.07, 6.45) is 1.28. The Morgan fingerprint density at radius 1 is 1.14 bits per heavy atom. The van der Waals surface area contributed by atoms with Gasteiger partial charge in [-0.05, 0) is 38.7 Å². The van der Waals surface area contributed by atoms with Crippen molar-refractivity contribution in [3.05, 3.63) is 35.9 Å². The number of benzene rings is 1. The molecule has 1 saturated heterocycles. The van der Waals surface area contributed by atoms with Crippen LogP contribution in [0.5, 0.6) is 0 Å². The van der Waals surface area contributed by atoms with Crippen LogP contribution < -0.4 is 31.5 Å². The first-order valence-corrected chi connectivity index (χ1v) is 12.1. The molecule has 11 nitrogen and oxygen atoms in total. The zero-order valence-corrected chi connectivity index (χ0v) is 23.3. The van der Waals surface area contributed by atoms with E-state index < -0.39 is 52.0 Å². The molecule has 4 unspecified atom stereocenters. The average Bonchev–Trinajstić information content (AvgIpc) is 3.12. The Morgan fingerprint density at radius 3 is 2.36 bits per heavy atom. The summed E-state index contributed by atoms with van der Waals surface area (Å²) in [5.41, 5.74) is 0.760. The van der Waals surface area contributed by atoms with Crippen LogP contribution in [0.1, 0.15) is 38.7 Å². The number of carboxylic acid groups (broad SMARTS) is 2. The third-order valence-corrected chi connectivity index (χ3v) is 7.08. The van der Waals surface area contributed by atoms with Gasteiger partial charge in [-0.1, -0.05) is 30.3 Å². The van der Waals surface area contributed by atoms with Crippen molar-refractivity contribution in [1.82, 2.24) is 21.3 Å². The molecule has 1 heterocycles. The van der Waals surface area contributed by atoms with Crippen LogP contribution in [0.3, 0.4) is 0 Å². The smallest absolute Gasteiger partial charge is 0.548 e. The van der Waals surface area contributed by atoms with E-state index >= 15 is 0 Å². The van der Waals surface area contributed by atoms with Crippen LogP contribution in [0.4, 0.5) is 0 Å². The van der Waals surface area contributed by atoms with Gasteiger partial charge in [-0.25, -0.2) is 0 Å². The van der Waals surface area contributed by atoms with Crippen LogP contribution in [0.2, 0.25) is 0 Å². The van der Waals surface area contributed by atoms with Gasteiger partial charge in [0.2, 0.25) is 18.2 Å². The van der Waals surface area contributed by atoms with Gasteiger partial charge in [0, 0.05) is 11.3 Å². The maximum Gasteiger partial charge on any atom is 2.00 e. The first-order valence-electron chi connectivity index (χ1n) is 11.2. The Morgan fingerprint density at radius 2 is 1.81 bits per heavy atom. The van der Waals surface area contributed by atoms with E-state index in [-0.39, 0.29) is 57.1 Å². The summed E-state index contributed by atoms with van der Waals surface area (Å²) in [5.74, 6) is -3.60. The molecule has 4 N–H and O–H groups in total. The summed E-state index contributed by atoms with van der Waals surface area (Å²) in [4.78, 5) is 58.7. The summed E-state index contributed by atoms with van der Waals surface area (Å²) in [5, 5.41) is 32.3. The number of hydrogen-bond acceptors (Lipinski definition) is 9. The molecule has 1 aromatic carbocycles. The second-order valence-electron chi connectivity index (χ2n) is 8.71. The molecule has 0 spiro atoms. The fourth-order valence-corrected chi connectivity index (χ4v) is 5.23. The van der Waals surface area contributed by atoms with Gasteiger partial charge in [0.25, 0.3) is 0 Å². The van der Waals surface area contributed by atoms with Gasteiger partial charge in [-0.3, -0.25) is 19.7 Å². The van der Waals surface area contributed by atoms with Crippen LogP contribution in [-0.4, -0.2) is 103 Å². The maximum absolute atomic E-state index is 13.0. The van der Waals surface area contributed by atoms with Crippen molar-refractivity contribution in [3.63, 3.8) is 0 Å². The zero-order valence-electron chi connectivity index (χ0n) is 20.3. The molecule has 3 amide bonds. The molecule has 1 aliphatic heterocycles. The number of thioether (sulfide) groups is 1. The molecular formula is C23H30CaN4O7S. The predicted molar refractivity (Wildman–Crippen MR) is 130 cm³/mol. The Hall–Kier alpha value is -1.86. The second-order valence-corrected chi connectivity index (χ2v) is 10.5. The summed E-state index contributed by atoms with van der Waals surface area (Å²) in [7, 11) is 0. The molecule has 2 rings (SSSR count). The standard InChI is InChI=1S/C23H32N4O7S.Ca/c1-23(2)18(22(33)34)27-20(35-23)17(26-16(29)12-14-8-4-3-5-9-14)19(30)24-11-7-6-10-15(21(31)32)25-13-28;/h3-5,8-9,13,15,17-18,20,27H,6-7,10-12H2,1-2H3,(H,24,30)(H,25,28)(H,26,29)(H,31,32)(H,33,34);/q;+2/p-2. The number of hydrogen-bond donors (Lipinski definition) is 4. The van der Waals surface area contributed by atoms with E-state index in [1.807, 2.05) is 6.07 Å². The van der Waals surface area contributed by atoms with E-state index in [0.717, 1.165) is 5.56 Å². The van der Waals surface area contributed by atoms with E-state index in [1.54, 1.807) is 38.1 Å². The summed E-state index contributed by atoms with van der Waals surface area (Å²) in [6.45, 7) is 3.62. The van der Waals surface area contributed by atoms with Crippen molar-refractivity contribution in [3.8, 4) is 0 Å². The summed E-state index contributed by atoms with van der Waals surface area (Å²) < 4.78 is -0.780. The topological polar surface area (TPSA) is 180 Å². The molecule has 0 aliphatic carbocycles. The number of carbonyl (C=O) groups excluding carboxylic acids is 5. The summed E-state index contributed by atoms with van der Waals surface area (Å²) in [6, 6.07) is 5.78. The minimum Gasteiger partial charge on any atom is -0.548 e. The molecule has 0 saturated carbocycles. The van der Waals surface area contributed by atoms with Gasteiger partial charge in [-0.15, -0.1) is 11.8 Å². The zero-order chi connectivity index (χ0) is 26.0. The van der Waals surface area contributed by atoms with E-state index in [0.29, 0.717) is 19.3 Å². The van der Waals surface area contributed by atoms with E-state index in [2.05, 4.69) is 21.3 Å². The Kier molecular flexibility index (Phi) is 13.8. The van der Waals surface area contributed by atoms with Crippen LogP contribution in [0, 0.1) is 0 Å². The number of rotatable bonds is 14. The maximum atomic E-state index is 13.0. The van der Waals surface area contributed by atoms with E-state index in [4.69, 9.17) is 0 Å². The molecule has 0 radical (unpaired) electrons. The predicted octanol–water partition coefficient (Wildman–Crippen LogP) is -2.96. The molecular weight excluding hydrogens is 516 g/mol. The minimum atomic E-state index is -1.39. The van der Waals surface area contributed by atoms with E-state index in [1.165, 1.54) is 11.8 Å². The third kappa shape index (κ3) is 9.89. The van der Waals surface area contributed by atoms with Crippen LogP contribution in [0.15, 0.2) is 30.3 Å². The van der Waals surface area contributed by atoms with Gasteiger partial charge < -0.3 is 35.8 Å². The Labute approximate surface area is 243 Å². The average molecular weight is 547 g/mol. The minimum absolute atomic E-state index is 0. The molecule has 1 aromatic rings. The van der Waals surface area contributed by atoms with Crippen molar-refractivity contribution in [2.75, 3.05) is 6.54 Å². The normalized spacial score (nSPS) is 19.7. The molecule has 0 aromatic heterocycles. The quantitative estimate of drug-likeness (QED) is 0.108. The number of amides is 3. The van der Waals surface area contributed by atoms with Gasteiger partial charge in [0.15, 0.2) is 0 Å². The van der Waals surface area contributed by atoms with Crippen LogP contribution in [-0.2, 0) is 30.4 Å². The number of carboxylic acids is 2. The monoisotopic (exact) mass is 546 g/mol. The Bertz CT molecular complexity index is 919. The second kappa shape index (κ2) is 15.4. The van der Waals surface area contributed by atoms with E-state index in [9.17, 15) is 34.2 Å². The van der Waals surface area contributed by atoms with Crippen LogP contribution >= 0.6 is 11.8 Å². The molecule has 4 atom stereocenters. The number of carbonyl (C=O) groups is 5. The molecule has 1 aliphatic rings. The number of unbranched alkanes of at least 4 members (excludes halogenated alkanes) is 1. The van der Waals surface area contributed by atoms with Crippen molar-refractivity contribution in [2.24, 2.45) is 0 Å². The molecule has 1 fully saturated rings.